The molecular formula is C22H25N3O. The predicted octanol–water partition coefficient (Wildman–Crippen LogP) is 4.10. The molecule has 0 unspecified atom stereocenters. The quantitative estimate of drug-likeness (QED) is 0.322. The SMILES string of the molecule is CC(C)Cc1ccccc1-c1ccc2ccc(C=NN)cc2c1.NC=O. The number of amides is 1. The molecule has 1 amide bonds. The zero-order chi connectivity index (χ0) is 18.9. The van der Waals surface area contributed by atoms with Crippen molar-refractivity contribution in [2.24, 2.45) is 22.6 Å². The van der Waals surface area contributed by atoms with Crippen LogP contribution in [0.15, 0.2) is 65.8 Å². The molecule has 4 heteroatoms. The third kappa shape index (κ3) is 4.93. The van der Waals surface area contributed by atoms with Gasteiger partial charge in [0.1, 0.15) is 0 Å². The topological polar surface area (TPSA) is 81.5 Å². The highest BCUT2D eigenvalue weighted by Crippen LogP contribution is 2.29. The maximum absolute atomic E-state index is 8.58. The molecule has 0 aliphatic carbocycles. The summed E-state index contributed by atoms with van der Waals surface area (Å²) in [5.74, 6) is 5.90. The van der Waals surface area contributed by atoms with Crippen molar-refractivity contribution in [3.05, 3.63) is 71.8 Å². The Labute approximate surface area is 154 Å². The van der Waals surface area contributed by atoms with Gasteiger partial charge >= 0.3 is 0 Å². The number of nitrogens with two attached hydrogens (primary N) is 2. The average molecular weight is 347 g/mol. The molecule has 0 heterocycles. The van der Waals surface area contributed by atoms with Crippen LogP contribution in [0.5, 0.6) is 0 Å². The first-order valence-electron chi connectivity index (χ1n) is 8.59. The highest BCUT2D eigenvalue weighted by atomic mass is 16.1. The van der Waals surface area contributed by atoms with Crippen molar-refractivity contribution in [3.63, 3.8) is 0 Å². The number of hydrogen-bond acceptors (Lipinski definition) is 3. The van der Waals surface area contributed by atoms with Crippen molar-refractivity contribution < 1.29 is 4.79 Å². The standard InChI is InChI=1S/C21H22N2.CH3NO/c1-15(2)11-18-5-3-4-6-21(18)19-10-9-17-8-7-16(14-23-22)12-20(17)13-19;2-1-3/h3-10,12-15H,11,22H2,1-2H3;1H,(H2,2,3). The Morgan fingerprint density at radius 3 is 2.38 bits per heavy atom. The van der Waals surface area contributed by atoms with Crippen LogP contribution in [-0.4, -0.2) is 12.6 Å². The lowest BCUT2D eigenvalue weighted by Crippen LogP contribution is -1.96. The summed E-state index contributed by atoms with van der Waals surface area (Å²) < 4.78 is 0. The summed E-state index contributed by atoms with van der Waals surface area (Å²) in [5.41, 5.74) is 9.17. The van der Waals surface area contributed by atoms with Crippen LogP contribution in [0.2, 0.25) is 0 Å². The number of fused-ring (bicyclic) bond motifs is 1. The molecule has 4 N–H and O–H groups in total. The second-order valence-electron chi connectivity index (χ2n) is 6.49. The lowest BCUT2D eigenvalue weighted by atomic mass is 9.92. The summed E-state index contributed by atoms with van der Waals surface area (Å²) in [5, 5.41) is 6.05. The summed E-state index contributed by atoms with van der Waals surface area (Å²) in [6.45, 7) is 4.52. The van der Waals surface area contributed by atoms with Crippen LogP contribution in [0.1, 0.15) is 25.0 Å². The lowest BCUT2D eigenvalue weighted by molar-refractivity contribution is -0.106. The average Bonchev–Trinajstić information content (AvgIpc) is 2.62. The van der Waals surface area contributed by atoms with Gasteiger partial charge in [-0.1, -0.05) is 62.4 Å². The molecule has 3 aromatic carbocycles. The van der Waals surface area contributed by atoms with Gasteiger partial charge in [0.15, 0.2) is 0 Å². The van der Waals surface area contributed by atoms with E-state index in [9.17, 15) is 0 Å². The van der Waals surface area contributed by atoms with Gasteiger partial charge in [-0.2, -0.15) is 5.10 Å². The molecule has 0 saturated carbocycles. The predicted molar refractivity (Wildman–Crippen MR) is 110 cm³/mol. The summed E-state index contributed by atoms with van der Waals surface area (Å²) in [6.07, 6.45) is 3.02. The van der Waals surface area contributed by atoms with Gasteiger partial charge in [-0.3, -0.25) is 4.79 Å². The molecule has 0 saturated heterocycles. The van der Waals surface area contributed by atoms with E-state index >= 15 is 0 Å². The van der Waals surface area contributed by atoms with Gasteiger partial charge in [0.25, 0.3) is 0 Å². The van der Waals surface area contributed by atoms with Gasteiger partial charge in [-0.15, -0.1) is 0 Å². The number of carbonyl (C=O) groups excluding carboxylic acids is 1. The molecule has 0 fully saturated rings. The molecule has 3 aromatic rings. The van der Waals surface area contributed by atoms with Crippen LogP contribution in [0, 0.1) is 5.92 Å². The van der Waals surface area contributed by atoms with E-state index in [1.165, 1.54) is 27.5 Å². The van der Waals surface area contributed by atoms with Crippen molar-refractivity contribution in [1.29, 1.82) is 0 Å². The monoisotopic (exact) mass is 347 g/mol. The molecule has 26 heavy (non-hydrogen) atoms. The Morgan fingerprint density at radius 2 is 1.69 bits per heavy atom. The normalized spacial score (nSPS) is 10.7. The molecule has 0 atom stereocenters. The Kier molecular flexibility index (Phi) is 6.92. The van der Waals surface area contributed by atoms with Crippen molar-refractivity contribution in [2.75, 3.05) is 0 Å². The molecule has 4 nitrogen and oxygen atoms in total. The zero-order valence-corrected chi connectivity index (χ0v) is 15.2. The molecule has 0 bridgehead atoms. The van der Waals surface area contributed by atoms with E-state index in [-0.39, 0.29) is 6.41 Å². The Morgan fingerprint density at radius 1 is 1.00 bits per heavy atom. The maximum atomic E-state index is 8.58. The number of benzene rings is 3. The number of nitrogens with zero attached hydrogens (tertiary/aromatic N) is 1. The largest absolute Gasteiger partial charge is 0.372 e. The Hall–Kier alpha value is -3.14. The first-order chi connectivity index (χ1) is 12.6. The molecule has 0 spiro atoms. The number of hydrogen-bond donors (Lipinski definition) is 2. The third-order valence-corrected chi connectivity index (χ3v) is 4.04. The number of rotatable bonds is 4. The van der Waals surface area contributed by atoms with Crippen LogP contribution in [0.25, 0.3) is 21.9 Å². The molecule has 0 radical (unpaired) electrons. The van der Waals surface area contributed by atoms with Crippen molar-refractivity contribution in [3.8, 4) is 11.1 Å². The first-order valence-corrected chi connectivity index (χ1v) is 8.59. The summed E-state index contributed by atoms with van der Waals surface area (Å²) in [7, 11) is 0. The van der Waals surface area contributed by atoms with E-state index < -0.39 is 0 Å². The molecule has 3 rings (SSSR count). The van der Waals surface area contributed by atoms with Crippen LogP contribution in [-0.2, 0) is 11.2 Å². The molecule has 0 aliphatic heterocycles. The van der Waals surface area contributed by atoms with Crippen molar-refractivity contribution >= 4 is 23.4 Å². The molecule has 134 valence electrons. The van der Waals surface area contributed by atoms with Crippen molar-refractivity contribution in [1.82, 2.24) is 0 Å². The van der Waals surface area contributed by atoms with E-state index in [0.29, 0.717) is 5.92 Å². The van der Waals surface area contributed by atoms with Gasteiger partial charge in [0, 0.05) is 0 Å². The molecule has 0 aromatic heterocycles. The Balaban J connectivity index is 0.000000758. The van der Waals surface area contributed by atoms with Crippen LogP contribution >= 0.6 is 0 Å². The van der Waals surface area contributed by atoms with Gasteiger partial charge in [0.2, 0.25) is 6.41 Å². The lowest BCUT2D eigenvalue weighted by Gasteiger charge is -2.12. The fourth-order valence-electron chi connectivity index (χ4n) is 3.02. The second-order valence-corrected chi connectivity index (χ2v) is 6.49. The minimum atomic E-state index is 0.250. The van der Waals surface area contributed by atoms with Gasteiger partial charge in [-0.25, -0.2) is 0 Å². The number of carbonyl (C=O) groups is 1. The van der Waals surface area contributed by atoms with E-state index in [2.05, 4.69) is 79.3 Å². The van der Waals surface area contributed by atoms with E-state index in [1.54, 1.807) is 6.21 Å². The maximum Gasteiger partial charge on any atom is 0.204 e. The third-order valence-electron chi connectivity index (χ3n) is 4.04. The summed E-state index contributed by atoms with van der Waals surface area (Å²) in [4.78, 5) is 8.58. The van der Waals surface area contributed by atoms with Crippen LogP contribution in [0.3, 0.4) is 0 Å². The minimum Gasteiger partial charge on any atom is -0.372 e. The Bertz CT molecular complexity index is 901. The smallest absolute Gasteiger partial charge is 0.204 e. The molecule has 0 aliphatic rings. The highest BCUT2D eigenvalue weighted by Gasteiger charge is 2.07. The first kappa shape index (κ1) is 19.2. The summed E-state index contributed by atoms with van der Waals surface area (Å²) in [6, 6.07) is 21.6. The van der Waals surface area contributed by atoms with Crippen molar-refractivity contribution in [2.45, 2.75) is 20.3 Å². The molecular weight excluding hydrogens is 322 g/mol. The minimum absolute atomic E-state index is 0.250. The van der Waals surface area contributed by atoms with Gasteiger partial charge in [-0.05, 0) is 57.5 Å². The van der Waals surface area contributed by atoms with Gasteiger partial charge < -0.3 is 11.6 Å². The van der Waals surface area contributed by atoms with Crippen LogP contribution < -0.4 is 11.6 Å². The fraction of sp³-hybridized carbons (Fsp3) is 0.182. The van der Waals surface area contributed by atoms with E-state index in [1.807, 2.05) is 6.07 Å². The highest BCUT2D eigenvalue weighted by molar-refractivity contribution is 5.93. The fourth-order valence-corrected chi connectivity index (χ4v) is 3.02. The van der Waals surface area contributed by atoms with E-state index in [0.717, 1.165) is 12.0 Å². The zero-order valence-electron chi connectivity index (χ0n) is 15.2. The summed E-state index contributed by atoms with van der Waals surface area (Å²) >= 11 is 0. The van der Waals surface area contributed by atoms with Gasteiger partial charge in [0.05, 0.1) is 6.21 Å². The van der Waals surface area contributed by atoms with Crippen LogP contribution in [0.4, 0.5) is 0 Å². The second kappa shape index (κ2) is 9.37. The number of hydrazone groups is 1. The number of primary amides is 1. The van der Waals surface area contributed by atoms with E-state index in [4.69, 9.17) is 10.6 Å².